The van der Waals surface area contributed by atoms with Crippen molar-refractivity contribution in [2.24, 2.45) is 0 Å². The van der Waals surface area contributed by atoms with Gasteiger partial charge in [0.2, 0.25) is 5.78 Å². The average molecular weight is 304 g/mol. The van der Waals surface area contributed by atoms with Gasteiger partial charge in [-0.05, 0) is 18.2 Å². The van der Waals surface area contributed by atoms with Gasteiger partial charge in [0.15, 0.2) is 11.5 Å². The molecule has 7 heteroatoms. The molecular weight excluding hydrogens is 292 g/mol. The number of Topliss-reactive ketones (excluding diaryl/α,β-unsaturated/α-hetero) is 1. The molecule has 2 aromatic rings. The maximum absolute atomic E-state index is 12.6. The molecule has 3 rings (SSSR count). The van der Waals surface area contributed by atoms with Gasteiger partial charge in [0, 0.05) is 24.8 Å². The fourth-order valence-electron chi connectivity index (χ4n) is 2.43. The molecule has 1 atom stereocenters. The lowest BCUT2D eigenvalue weighted by atomic mass is 9.97. The van der Waals surface area contributed by atoms with Gasteiger partial charge in [-0.1, -0.05) is 0 Å². The molecule has 22 heavy (non-hydrogen) atoms. The number of fused-ring (bicyclic) bond motifs is 1. The van der Waals surface area contributed by atoms with E-state index in [9.17, 15) is 25.2 Å². The zero-order valence-corrected chi connectivity index (χ0v) is 11.4. The first-order valence-electron chi connectivity index (χ1n) is 6.26. The number of carbonyl (C=O) groups is 1. The van der Waals surface area contributed by atoms with Crippen molar-refractivity contribution in [3.05, 3.63) is 41.5 Å². The number of ether oxygens (including phenoxy) is 2. The van der Waals surface area contributed by atoms with Crippen molar-refractivity contribution in [1.82, 2.24) is 0 Å². The van der Waals surface area contributed by atoms with E-state index in [-0.39, 0.29) is 28.4 Å². The maximum atomic E-state index is 12.6. The Morgan fingerprint density at radius 1 is 1.00 bits per heavy atom. The van der Waals surface area contributed by atoms with Gasteiger partial charge in [0.05, 0.1) is 0 Å². The van der Waals surface area contributed by atoms with E-state index in [1.165, 1.54) is 25.3 Å². The Bertz CT molecular complexity index is 784. The van der Waals surface area contributed by atoms with Gasteiger partial charge >= 0.3 is 5.79 Å². The summed E-state index contributed by atoms with van der Waals surface area (Å²) in [6, 6.07) is 5.84. The molecule has 0 aliphatic carbocycles. The zero-order chi connectivity index (χ0) is 16.1. The van der Waals surface area contributed by atoms with Crippen LogP contribution in [0.4, 0.5) is 0 Å². The topological polar surface area (TPSA) is 116 Å². The first-order chi connectivity index (χ1) is 10.4. The summed E-state index contributed by atoms with van der Waals surface area (Å²) in [7, 11) is 1.23. The molecule has 1 heterocycles. The molecule has 0 saturated heterocycles. The van der Waals surface area contributed by atoms with Gasteiger partial charge in [-0.2, -0.15) is 0 Å². The molecule has 2 aromatic carbocycles. The summed E-state index contributed by atoms with van der Waals surface area (Å²) in [5.74, 6) is -4.18. The molecular formula is C15H12O7. The van der Waals surface area contributed by atoms with E-state index in [1.807, 2.05) is 0 Å². The van der Waals surface area contributed by atoms with Crippen molar-refractivity contribution >= 4 is 5.78 Å². The third-order valence-corrected chi connectivity index (χ3v) is 3.49. The molecule has 7 nitrogen and oxygen atoms in total. The molecule has 0 radical (unpaired) electrons. The smallest absolute Gasteiger partial charge is 0.302 e. The Hall–Kier alpha value is -2.93. The monoisotopic (exact) mass is 304 g/mol. The highest BCUT2D eigenvalue weighted by molar-refractivity contribution is 6.09. The minimum absolute atomic E-state index is 0.0445. The highest BCUT2D eigenvalue weighted by Gasteiger charge is 2.52. The van der Waals surface area contributed by atoms with Crippen LogP contribution in [0.5, 0.6) is 28.7 Å². The summed E-state index contributed by atoms with van der Waals surface area (Å²) in [6.07, 6.45) is 0. The summed E-state index contributed by atoms with van der Waals surface area (Å²) in [6.45, 7) is 0. The van der Waals surface area contributed by atoms with E-state index in [2.05, 4.69) is 0 Å². The second-order valence-electron chi connectivity index (χ2n) is 4.79. The molecule has 4 N–H and O–H groups in total. The standard InChI is InChI=1S/C15H12O7/c1-21-15(7-2-3-9(17)10(18)4-7)14(20)13-11(19)5-8(16)6-12(13)22-15/h2-6,16-19H,1H3/t15-/m1/s1. The van der Waals surface area contributed by atoms with Crippen LogP contribution in [0.25, 0.3) is 0 Å². The molecule has 0 spiro atoms. The first-order valence-corrected chi connectivity index (χ1v) is 6.26. The van der Waals surface area contributed by atoms with Crippen LogP contribution < -0.4 is 4.74 Å². The van der Waals surface area contributed by atoms with E-state index in [0.29, 0.717) is 0 Å². The van der Waals surface area contributed by atoms with Crippen LogP contribution in [0.2, 0.25) is 0 Å². The number of phenols is 4. The minimum atomic E-state index is -1.92. The molecule has 1 aliphatic rings. The molecule has 0 saturated carbocycles. The molecule has 0 bridgehead atoms. The van der Waals surface area contributed by atoms with Crippen LogP contribution in [0.3, 0.4) is 0 Å². The van der Waals surface area contributed by atoms with Crippen molar-refractivity contribution in [3.63, 3.8) is 0 Å². The lowest BCUT2D eigenvalue weighted by Crippen LogP contribution is -2.39. The summed E-state index contributed by atoms with van der Waals surface area (Å²) >= 11 is 0. The number of phenolic OH excluding ortho intramolecular Hbond substituents is 4. The molecule has 114 valence electrons. The van der Waals surface area contributed by atoms with Gasteiger partial charge in [0.1, 0.15) is 22.8 Å². The van der Waals surface area contributed by atoms with Gasteiger partial charge < -0.3 is 29.9 Å². The Morgan fingerprint density at radius 2 is 1.73 bits per heavy atom. The Kier molecular flexibility index (Phi) is 2.89. The van der Waals surface area contributed by atoms with Crippen molar-refractivity contribution in [2.45, 2.75) is 5.79 Å². The van der Waals surface area contributed by atoms with Crippen molar-refractivity contribution in [3.8, 4) is 28.7 Å². The lowest BCUT2D eigenvalue weighted by molar-refractivity contribution is -0.124. The highest BCUT2D eigenvalue weighted by Crippen LogP contribution is 2.48. The number of rotatable bonds is 2. The third-order valence-electron chi connectivity index (χ3n) is 3.49. The predicted molar refractivity (Wildman–Crippen MR) is 73.2 cm³/mol. The van der Waals surface area contributed by atoms with E-state index in [0.717, 1.165) is 12.1 Å². The van der Waals surface area contributed by atoms with E-state index >= 15 is 0 Å². The molecule has 0 fully saturated rings. The Balaban J connectivity index is 2.19. The van der Waals surface area contributed by atoms with Crippen LogP contribution in [0.15, 0.2) is 30.3 Å². The quantitative estimate of drug-likeness (QED) is 0.622. The van der Waals surface area contributed by atoms with Gasteiger partial charge in [-0.3, -0.25) is 4.79 Å². The van der Waals surface area contributed by atoms with E-state index < -0.39 is 23.1 Å². The van der Waals surface area contributed by atoms with Gasteiger partial charge in [-0.25, -0.2) is 0 Å². The highest BCUT2D eigenvalue weighted by atomic mass is 16.7. The zero-order valence-electron chi connectivity index (χ0n) is 11.4. The van der Waals surface area contributed by atoms with Gasteiger partial charge in [-0.15, -0.1) is 0 Å². The summed E-state index contributed by atoms with van der Waals surface area (Å²) in [4.78, 5) is 12.6. The summed E-state index contributed by atoms with van der Waals surface area (Å²) in [5, 5.41) is 38.3. The van der Waals surface area contributed by atoms with Crippen LogP contribution in [0, 0.1) is 0 Å². The summed E-state index contributed by atoms with van der Waals surface area (Å²) in [5.41, 5.74) is -0.00222. The van der Waals surface area contributed by atoms with E-state index in [1.54, 1.807) is 0 Å². The predicted octanol–water partition coefficient (Wildman–Crippen LogP) is 1.58. The number of ketones is 1. The van der Waals surface area contributed by atoms with Gasteiger partial charge in [0.25, 0.3) is 0 Å². The van der Waals surface area contributed by atoms with E-state index in [4.69, 9.17) is 9.47 Å². The maximum Gasteiger partial charge on any atom is 0.302 e. The Morgan fingerprint density at radius 3 is 2.36 bits per heavy atom. The lowest BCUT2D eigenvalue weighted by Gasteiger charge is -2.25. The molecule has 0 unspecified atom stereocenters. The van der Waals surface area contributed by atoms with Crippen molar-refractivity contribution in [2.75, 3.05) is 7.11 Å². The SMILES string of the molecule is CO[C@]1(c2ccc(O)c(O)c2)Oc2cc(O)cc(O)c2C1=O. The second kappa shape index (κ2) is 4.54. The fourth-order valence-corrected chi connectivity index (χ4v) is 2.43. The third kappa shape index (κ3) is 1.76. The number of benzene rings is 2. The fraction of sp³-hybridized carbons (Fsp3) is 0.133. The molecule has 0 aromatic heterocycles. The largest absolute Gasteiger partial charge is 0.508 e. The number of methoxy groups -OCH3 is 1. The minimum Gasteiger partial charge on any atom is -0.508 e. The van der Waals surface area contributed by atoms with Crippen molar-refractivity contribution in [1.29, 1.82) is 0 Å². The number of aromatic hydroxyl groups is 4. The molecule has 0 amide bonds. The Labute approximate surface area is 124 Å². The summed E-state index contributed by atoms with van der Waals surface area (Å²) < 4.78 is 10.7. The van der Waals surface area contributed by atoms with Crippen LogP contribution in [0.1, 0.15) is 15.9 Å². The van der Waals surface area contributed by atoms with Crippen LogP contribution in [-0.2, 0) is 10.5 Å². The van der Waals surface area contributed by atoms with Crippen LogP contribution >= 0.6 is 0 Å². The molecule has 1 aliphatic heterocycles. The average Bonchev–Trinajstić information content (AvgIpc) is 2.75. The number of hydrogen-bond acceptors (Lipinski definition) is 7. The second-order valence-corrected chi connectivity index (χ2v) is 4.79. The first kappa shape index (κ1) is 14.0. The number of hydrogen-bond donors (Lipinski definition) is 4. The number of carbonyl (C=O) groups excluding carboxylic acids is 1. The van der Waals surface area contributed by atoms with Crippen molar-refractivity contribution < 1.29 is 34.7 Å². The van der Waals surface area contributed by atoms with Crippen LogP contribution in [-0.4, -0.2) is 33.3 Å². The normalized spacial score (nSPS) is 19.8.